The molecule has 214 valence electrons. The number of rotatable bonds is 5. The number of aromatic hydroxyl groups is 1. The molecule has 40 heavy (non-hydrogen) atoms. The second kappa shape index (κ2) is 12.1. The van der Waals surface area contributed by atoms with Gasteiger partial charge in [-0.15, -0.1) is 0 Å². The molecule has 4 rings (SSSR count). The Morgan fingerprint density at radius 3 is 2.50 bits per heavy atom. The van der Waals surface area contributed by atoms with Crippen LogP contribution in [-0.4, -0.2) is 68.1 Å². The molecule has 1 aliphatic heterocycles. The molecule has 1 aliphatic carbocycles. The summed E-state index contributed by atoms with van der Waals surface area (Å²) in [6, 6.07) is 10.7. The van der Waals surface area contributed by atoms with Crippen LogP contribution in [0.25, 0.3) is 0 Å². The Bertz CT molecular complexity index is 1290. The number of hydrogen-bond donors (Lipinski definition) is 6. The van der Waals surface area contributed by atoms with Crippen LogP contribution in [0.5, 0.6) is 5.75 Å². The van der Waals surface area contributed by atoms with E-state index in [1.165, 1.54) is 21.6 Å². The normalized spacial score (nSPS) is 26.8. The lowest BCUT2D eigenvalue weighted by Crippen LogP contribution is -2.63. The monoisotopic (exact) mass is 586 g/mol. The van der Waals surface area contributed by atoms with Gasteiger partial charge in [0.05, 0.1) is 10.3 Å². The third-order valence-corrected chi connectivity index (χ3v) is 10.6. The van der Waals surface area contributed by atoms with Crippen LogP contribution in [0.4, 0.5) is 0 Å². The molecule has 0 saturated carbocycles. The molecule has 0 unspecified atom stereocenters. The molecular weight excluding hydrogens is 552 g/mol. The predicted octanol–water partition coefficient (Wildman–Crippen LogP) is 1.53. The Balaban J connectivity index is 1.58. The van der Waals surface area contributed by atoms with E-state index in [-0.39, 0.29) is 24.3 Å². The molecule has 1 heterocycles. The summed E-state index contributed by atoms with van der Waals surface area (Å²) < 4.78 is -0.931. The number of phenolic OH excluding ortho intramolecular Hbond substituents is 1. The van der Waals surface area contributed by atoms with Crippen LogP contribution in [0.3, 0.4) is 0 Å². The third kappa shape index (κ3) is 6.91. The molecular formula is C28H34N4O6S2. The number of phenols is 1. The number of nitrogens with two attached hydrogens (primary N) is 1. The molecule has 0 aromatic heterocycles. The Morgan fingerprint density at radius 1 is 1.07 bits per heavy atom. The van der Waals surface area contributed by atoms with Gasteiger partial charge in [-0.05, 0) is 61.9 Å². The van der Waals surface area contributed by atoms with Crippen molar-refractivity contribution in [3.8, 4) is 5.75 Å². The Morgan fingerprint density at radius 2 is 1.80 bits per heavy atom. The number of nitrogens with one attached hydrogen (secondary N) is 3. The van der Waals surface area contributed by atoms with Gasteiger partial charge in [0.1, 0.15) is 23.9 Å². The summed E-state index contributed by atoms with van der Waals surface area (Å²) in [5.74, 6) is -2.58. The SMILES string of the molecule is CC1(C)SSC[C@@H](NC(=O)[C@@]2(N)CCc3cc(O)ccc3C2)C(=O)N[C@@H](Cc2ccccc2)C(=O)N[C@H]1C(=O)O. The van der Waals surface area contributed by atoms with Crippen LogP contribution in [0.15, 0.2) is 48.5 Å². The lowest BCUT2D eigenvalue weighted by atomic mass is 9.78. The van der Waals surface area contributed by atoms with Crippen molar-refractivity contribution in [3.05, 3.63) is 65.2 Å². The zero-order valence-corrected chi connectivity index (χ0v) is 23.9. The number of aliphatic carboxylic acids is 1. The van der Waals surface area contributed by atoms with E-state index in [0.717, 1.165) is 16.7 Å². The van der Waals surface area contributed by atoms with Crippen LogP contribution in [-0.2, 0) is 38.4 Å². The molecule has 2 aromatic rings. The largest absolute Gasteiger partial charge is 0.508 e. The maximum Gasteiger partial charge on any atom is 0.327 e. The van der Waals surface area contributed by atoms with Gasteiger partial charge >= 0.3 is 5.97 Å². The maximum absolute atomic E-state index is 13.5. The number of aryl methyl sites for hydroxylation is 1. The quantitative estimate of drug-likeness (QED) is 0.284. The molecule has 7 N–H and O–H groups in total. The van der Waals surface area contributed by atoms with E-state index in [1.807, 2.05) is 30.3 Å². The molecule has 1 saturated heterocycles. The van der Waals surface area contributed by atoms with E-state index in [4.69, 9.17) is 5.73 Å². The van der Waals surface area contributed by atoms with Crippen molar-refractivity contribution < 1.29 is 29.4 Å². The summed E-state index contributed by atoms with van der Waals surface area (Å²) >= 11 is 0. The topological polar surface area (TPSA) is 171 Å². The lowest BCUT2D eigenvalue weighted by molar-refractivity contribution is -0.143. The second-order valence-corrected chi connectivity index (χ2v) is 13.8. The highest BCUT2D eigenvalue weighted by atomic mass is 33.1. The van der Waals surface area contributed by atoms with Gasteiger partial charge in [-0.25, -0.2) is 4.79 Å². The van der Waals surface area contributed by atoms with Crippen molar-refractivity contribution in [2.75, 3.05) is 5.75 Å². The molecule has 2 aliphatic rings. The van der Waals surface area contributed by atoms with Crippen molar-refractivity contribution in [3.63, 3.8) is 0 Å². The minimum atomic E-state index is -1.26. The number of fused-ring (bicyclic) bond motifs is 1. The zero-order chi connectivity index (χ0) is 29.1. The summed E-state index contributed by atoms with van der Waals surface area (Å²) in [6.45, 7) is 3.42. The average Bonchev–Trinajstić information content (AvgIpc) is 2.91. The first kappa shape index (κ1) is 29.8. The van der Waals surface area contributed by atoms with Gasteiger partial charge in [0, 0.05) is 12.2 Å². The highest BCUT2D eigenvalue weighted by Crippen LogP contribution is 2.39. The van der Waals surface area contributed by atoms with Crippen molar-refractivity contribution in [2.45, 2.75) is 67.9 Å². The molecule has 1 fully saturated rings. The number of carbonyl (C=O) groups is 4. The number of amides is 3. The molecule has 10 nitrogen and oxygen atoms in total. The van der Waals surface area contributed by atoms with Gasteiger partial charge in [0.15, 0.2) is 0 Å². The number of hydrogen-bond acceptors (Lipinski definition) is 8. The van der Waals surface area contributed by atoms with E-state index in [2.05, 4.69) is 16.0 Å². The molecule has 3 amide bonds. The zero-order valence-electron chi connectivity index (χ0n) is 22.3. The fourth-order valence-electron chi connectivity index (χ4n) is 4.89. The van der Waals surface area contributed by atoms with Crippen molar-refractivity contribution in [2.24, 2.45) is 5.73 Å². The molecule has 12 heteroatoms. The van der Waals surface area contributed by atoms with Gasteiger partial charge in [0.25, 0.3) is 0 Å². The molecule has 2 aromatic carbocycles. The first-order valence-electron chi connectivity index (χ1n) is 13.0. The lowest BCUT2D eigenvalue weighted by Gasteiger charge is -2.35. The van der Waals surface area contributed by atoms with Crippen molar-refractivity contribution >= 4 is 45.3 Å². The smallest absolute Gasteiger partial charge is 0.327 e. The van der Waals surface area contributed by atoms with E-state index in [9.17, 15) is 29.4 Å². The summed E-state index contributed by atoms with van der Waals surface area (Å²) in [7, 11) is 2.47. The number of benzene rings is 2. The Hall–Kier alpha value is -3.22. The number of carbonyl (C=O) groups excluding carboxylic acids is 3. The Labute approximate surface area is 240 Å². The van der Waals surface area contributed by atoms with Crippen LogP contribution >= 0.6 is 21.6 Å². The number of carboxylic acid groups (broad SMARTS) is 1. The molecule has 0 radical (unpaired) electrons. The molecule has 0 bridgehead atoms. The summed E-state index contributed by atoms with van der Waals surface area (Å²) in [6.07, 6.45) is 1.21. The van der Waals surface area contributed by atoms with Gasteiger partial charge in [0.2, 0.25) is 17.7 Å². The fourth-order valence-corrected chi connectivity index (χ4v) is 7.70. The second-order valence-electron chi connectivity index (χ2n) is 10.8. The first-order chi connectivity index (χ1) is 18.9. The minimum absolute atomic E-state index is 0.130. The van der Waals surface area contributed by atoms with Gasteiger partial charge in [-0.2, -0.15) is 0 Å². The molecule has 4 atom stereocenters. The summed E-state index contributed by atoms with van der Waals surface area (Å²) in [4.78, 5) is 52.5. The van der Waals surface area contributed by atoms with Crippen LogP contribution in [0.1, 0.15) is 37.0 Å². The first-order valence-corrected chi connectivity index (χ1v) is 15.3. The fraction of sp³-hybridized carbons (Fsp3) is 0.429. The van der Waals surface area contributed by atoms with Gasteiger partial charge in [-0.1, -0.05) is 58.0 Å². The average molecular weight is 587 g/mol. The summed E-state index contributed by atoms with van der Waals surface area (Å²) in [5.41, 5.74) is 7.87. The van der Waals surface area contributed by atoms with Crippen LogP contribution < -0.4 is 21.7 Å². The van der Waals surface area contributed by atoms with Crippen LogP contribution in [0, 0.1) is 0 Å². The highest BCUT2D eigenvalue weighted by molar-refractivity contribution is 8.77. The Kier molecular flexibility index (Phi) is 9.01. The molecule has 0 spiro atoms. The van der Waals surface area contributed by atoms with Crippen molar-refractivity contribution in [1.29, 1.82) is 0 Å². The highest BCUT2D eigenvalue weighted by Gasteiger charge is 2.42. The van der Waals surface area contributed by atoms with E-state index in [0.29, 0.717) is 12.8 Å². The third-order valence-electron chi connectivity index (χ3n) is 7.26. The van der Waals surface area contributed by atoms with E-state index >= 15 is 0 Å². The standard InChI is InChI=1S/C28H34N4O6S2/c1-27(2)22(25(36)37)32-23(34)20(12-16-6-4-3-5-7-16)30-24(35)21(15-39-40-27)31-26(38)28(29)11-10-17-13-19(33)9-8-18(17)14-28/h3-9,13,20-22,33H,10-12,14-15,29H2,1-2H3,(H,30,35)(H,31,38)(H,32,34)(H,36,37)/t20-,21+,22-,28+/m0/s1. The van der Waals surface area contributed by atoms with E-state index < -0.39 is 52.1 Å². The van der Waals surface area contributed by atoms with E-state index in [1.54, 1.807) is 32.0 Å². The maximum atomic E-state index is 13.5. The van der Waals surface area contributed by atoms with Crippen molar-refractivity contribution in [1.82, 2.24) is 16.0 Å². The van der Waals surface area contributed by atoms with Gasteiger partial charge in [-0.3, -0.25) is 14.4 Å². The number of carboxylic acids is 1. The predicted molar refractivity (Wildman–Crippen MR) is 155 cm³/mol. The minimum Gasteiger partial charge on any atom is -0.508 e. The van der Waals surface area contributed by atoms with Crippen LogP contribution in [0.2, 0.25) is 0 Å². The van der Waals surface area contributed by atoms with Gasteiger partial charge < -0.3 is 31.9 Å². The summed E-state index contributed by atoms with van der Waals surface area (Å²) in [5, 5.41) is 27.8.